The third kappa shape index (κ3) is 4.16. The van der Waals surface area contributed by atoms with Crippen molar-refractivity contribution < 1.29 is 9.18 Å². The van der Waals surface area contributed by atoms with Crippen molar-refractivity contribution >= 4 is 12.0 Å². The van der Waals surface area contributed by atoms with Gasteiger partial charge in [-0.3, -0.25) is 4.79 Å². The monoisotopic (exact) mass is 341 g/mol. The molecule has 0 radical (unpaired) electrons. The SMILES string of the molecule is Cc1nn(-c2ccc(F)cc2)c(C)c1/C=C/C(=O)NC1CCCCC1. The predicted octanol–water partition coefficient (Wildman–Crippen LogP) is 4.09. The number of amides is 1. The number of halogens is 1. The Hall–Kier alpha value is -2.43. The molecule has 1 fully saturated rings. The fourth-order valence-electron chi connectivity index (χ4n) is 3.38. The Morgan fingerprint density at radius 1 is 1.20 bits per heavy atom. The average Bonchev–Trinajstić information content (AvgIpc) is 2.89. The molecule has 1 aromatic carbocycles. The minimum absolute atomic E-state index is 0.0553. The Kier molecular flexibility index (Phi) is 5.31. The second kappa shape index (κ2) is 7.64. The van der Waals surface area contributed by atoms with Crippen molar-refractivity contribution in [3.63, 3.8) is 0 Å². The molecule has 5 heteroatoms. The van der Waals surface area contributed by atoms with E-state index in [-0.39, 0.29) is 11.7 Å². The molecule has 3 rings (SSSR count). The van der Waals surface area contributed by atoms with Gasteiger partial charge in [0.15, 0.2) is 0 Å². The lowest BCUT2D eigenvalue weighted by molar-refractivity contribution is -0.117. The summed E-state index contributed by atoms with van der Waals surface area (Å²) < 4.78 is 14.9. The number of aryl methyl sites for hydroxylation is 1. The molecular formula is C20H24FN3O. The van der Waals surface area contributed by atoms with Crippen molar-refractivity contribution in [3.05, 3.63) is 53.1 Å². The molecule has 1 heterocycles. The molecule has 1 aromatic heterocycles. The van der Waals surface area contributed by atoms with Gasteiger partial charge in [-0.25, -0.2) is 9.07 Å². The maximum absolute atomic E-state index is 13.1. The molecule has 1 aliphatic carbocycles. The van der Waals surface area contributed by atoms with E-state index in [1.165, 1.54) is 31.4 Å². The fourth-order valence-corrected chi connectivity index (χ4v) is 3.38. The van der Waals surface area contributed by atoms with Crippen molar-refractivity contribution in [1.82, 2.24) is 15.1 Å². The highest BCUT2D eigenvalue weighted by molar-refractivity contribution is 5.92. The van der Waals surface area contributed by atoms with Crippen LogP contribution < -0.4 is 5.32 Å². The van der Waals surface area contributed by atoms with Crippen molar-refractivity contribution in [1.29, 1.82) is 0 Å². The van der Waals surface area contributed by atoms with Gasteiger partial charge >= 0.3 is 0 Å². The van der Waals surface area contributed by atoms with E-state index in [0.29, 0.717) is 6.04 Å². The molecule has 0 aliphatic heterocycles. The molecule has 4 nitrogen and oxygen atoms in total. The quantitative estimate of drug-likeness (QED) is 0.852. The number of benzene rings is 1. The van der Waals surface area contributed by atoms with Gasteiger partial charge in [0, 0.05) is 23.4 Å². The van der Waals surface area contributed by atoms with Gasteiger partial charge in [0.05, 0.1) is 11.4 Å². The topological polar surface area (TPSA) is 46.9 Å². The van der Waals surface area contributed by atoms with E-state index in [1.54, 1.807) is 22.9 Å². The van der Waals surface area contributed by atoms with Gasteiger partial charge in [-0.1, -0.05) is 19.3 Å². The molecule has 2 aromatic rings. The predicted molar refractivity (Wildman–Crippen MR) is 97.0 cm³/mol. The van der Waals surface area contributed by atoms with Crippen LogP contribution in [0.15, 0.2) is 30.3 Å². The lowest BCUT2D eigenvalue weighted by Crippen LogP contribution is -2.34. The standard InChI is InChI=1S/C20H24FN3O/c1-14-19(12-13-20(25)22-17-6-4-3-5-7-17)15(2)24(23-14)18-10-8-16(21)9-11-18/h8-13,17H,3-7H2,1-2H3,(H,22,25)/b13-12+. The minimum atomic E-state index is -0.273. The summed E-state index contributed by atoms with van der Waals surface area (Å²) in [5.74, 6) is -0.329. The number of hydrogen-bond acceptors (Lipinski definition) is 2. The van der Waals surface area contributed by atoms with Crippen LogP contribution in [0.25, 0.3) is 11.8 Å². The van der Waals surface area contributed by atoms with E-state index in [2.05, 4.69) is 10.4 Å². The van der Waals surface area contributed by atoms with Gasteiger partial charge in [-0.2, -0.15) is 5.10 Å². The first-order chi connectivity index (χ1) is 12.0. The second-order valence-corrected chi connectivity index (χ2v) is 6.65. The summed E-state index contributed by atoms with van der Waals surface area (Å²) in [5.41, 5.74) is 3.48. The molecule has 1 aliphatic rings. The third-order valence-electron chi connectivity index (χ3n) is 4.77. The zero-order chi connectivity index (χ0) is 17.8. The molecule has 0 atom stereocenters. The highest BCUT2D eigenvalue weighted by atomic mass is 19.1. The summed E-state index contributed by atoms with van der Waals surface area (Å²) in [4.78, 5) is 12.2. The van der Waals surface area contributed by atoms with Gasteiger partial charge < -0.3 is 5.32 Å². The summed E-state index contributed by atoms with van der Waals surface area (Å²) in [7, 11) is 0. The second-order valence-electron chi connectivity index (χ2n) is 6.65. The van der Waals surface area contributed by atoms with Gasteiger partial charge in [0.2, 0.25) is 5.91 Å². The van der Waals surface area contributed by atoms with E-state index < -0.39 is 0 Å². The summed E-state index contributed by atoms with van der Waals surface area (Å²) in [5, 5.41) is 7.59. The van der Waals surface area contributed by atoms with Gasteiger partial charge in [0.25, 0.3) is 0 Å². The molecule has 0 saturated heterocycles. The lowest BCUT2D eigenvalue weighted by Gasteiger charge is -2.21. The minimum Gasteiger partial charge on any atom is -0.350 e. The number of nitrogens with one attached hydrogen (secondary N) is 1. The van der Waals surface area contributed by atoms with Gasteiger partial charge in [-0.05, 0) is 57.0 Å². The zero-order valence-corrected chi connectivity index (χ0v) is 14.8. The summed E-state index contributed by atoms with van der Waals surface area (Å²) in [6.07, 6.45) is 9.19. The Morgan fingerprint density at radius 3 is 2.56 bits per heavy atom. The Labute approximate surface area is 147 Å². The van der Waals surface area contributed by atoms with Crippen LogP contribution in [-0.2, 0) is 4.79 Å². The van der Waals surface area contributed by atoms with E-state index in [0.717, 1.165) is 35.5 Å². The van der Waals surface area contributed by atoms with Crippen LogP contribution in [0, 0.1) is 19.7 Å². The number of aromatic nitrogens is 2. The van der Waals surface area contributed by atoms with Crippen molar-refractivity contribution in [2.75, 3.05) is 0 Å². The summed E-state index contributed by atoms with van der Waals surface area (Å²) in [6.45, 7) is 3.85. The molecule has 1 N–H and O–H groups in total. The molecule has 0 bridgehead atoms. The smallest absolute Gasteiger partial charge is 0.244 e. The van der Waals surface area contributed by atoms with E-state index in [4.69, 9.17) is 0 Å². The largest absolute Gasteiger partial charge is 0.350 e. The maximum Gasteiger partial charge on any atom is 0.244 e. The van der Waals surface area contributed by atoms with Crippen LogP contribution in [-0.4, -0.2) is 21.7 Å². The Bertz CT molecular complexity index is 771. The first-order valence-corrected chi connectivity index (χ1v) is 8.85. The van der Waals surface area contributed by atoms with Gasteiger partial charge in [0.1, 0.15) is 5.82 Å². The summed E-state index contributed by atoms with van der Waals surface area (Å²) in [6, 6.07) is 6.52. The fraction of sp³-hybridized carbons (Fsp3) is 0.400. The first kappa shape index (κ1) is 17.4. The van der Waals surface area contributed by atoms with Crippen LogP contribution in [0.2, 0.25) is 0 Å². The highest BCUT2D eigenvalue weighted by Crippen LogP contribution is 2.20. The van der Waals surface area contributed by atoms with Crippen LogP contribution in [0.5, 0.6) is 0 Å². The molecular weight excluding hydrogens is 317 g/mol. The van der Waals surface area contributed by atoms with Crippen LogP contribution >= 0.6 is 0 Å². The van der Waals surface area contributed by atoms with Crippen LogP contribution in [0.1, 0.15) is 49.1 Å². The number of carbonyl (C=O) groups excluding carboxylic acids is 1. The Morgan fingerprint density at radius 2 is 1.88 bits per heavy atom. The molecule has 1 saturated carbocycles. The number of rotatable bonds is 4. The summed E-state index contributed by atoms with van der Waals surface area (Å²) >= 11 is 0. The van der Waals surface area contributed by atoms with Crippen molar-refractivity contribution in [2.45, 2.75) is 52.0 Å². The van der Waals surface area contributed by atoms with Crippen molar-refractivity contribution in [2.24, 2.45) is 0 Å². The lowest BCUT2D eigenvalue weighted by atomic mass is 9.95. The van der Waals surface area contributed by atoms with Crippen LogP contribution in [0.4, 0.5) is 4.39 Å². The third-order valence-corrected chi connectivity index (χ3v) is 4.77. The normalized spacial score (nSPS) is 15.6. The van der Waals surface area contributed by atoms with E-state index in [1.807, 2.05) is 19.9 Å². The molecule has 1 amide bonds. The van der Waals surface area contributed by atoms with E-state index >= 15 is 0 Å². The highest BCUT2D eigenvalue weighted by Gasteiger charge is 2.15. The maximum atomic E-state index is 13.1. The number of hydrogen-bond donors (Lipinski definition) is 1. The number of carbonyl (C=O) groups is 1. The van der Waals surface area contributed by atoms with E-state index in [9.17, 15) is 9.18 Å². The molecule has 0 unspecified atom stereocenters. The molecule has 25 heavy (non-hydrogen) atoms. The first-order valence-electron chi connectivity index (χ1n) is 8.85. The van der Waals surface area contributed by atoms with Crippen molar-refractivity contribution in [3.8, 4) is 5.69 Å². The molecule has 132 valence electrons. The Balaban J connectivity index is 1.74. The van der Waals surface area contributed by atoms with Crippen LogP contribution in [0.3, 0.4) is 0 Å². The number of nitrogens with zero attached hydrogens (tertiary/aromatic N) is 2. The average molecular weight is 341 g/mol. The van der Waals surface area contributed by atoms with Gasteiger partial charge in [-0.15, -0.1) is 0 Å². The molecule has 0 spiro atoms. The zero-order valence-electron chi connectivity index (χ0n) is 14.8.